The van der Waals surface area contributed by atoms with Gasteiger partial charge in [-0.05, 0) is 12.0 Å². The Morgan fingerprint density at radius 2 is 2.43 bits per heavy atom. The van der Waals surface area contributed by atoms with E-state index in [4.69, 9.17) is 15.0 Å². The van der Waals surface area contributed by atoms with Crippen molar-refractivity contribution in [3.8, 4) is 0 Å². The largest absolute Gasteiger partial charge is 0.371 e. The highest BCUT2D eigenvalue weighted by Gasteiger charge is 2.28. The van der Waals surface area contributed by atoms with Gasteiger partial charge in [0.05, 0.1) is 13.2 Å². The van der Waals surface area contributed by atoms with Crippen LogP contribution < -0.4 is 0 Å². The zero-order chi connectivity index (χ0) is 10.6. The summed E-state index contributed by atoms with van der Waals surface area (Å²) < 4.78 is 35.0. The fourth-order valence-electron chi connectivity index (χ4n) is 0.897. The number of rotatable bonds is 6. The van der Waals surface area contributed by atoms with Crippen molar-refractivity contribution < 1.29 is 17.9 Å². The van der Waals surface area contributed by atoms with Crippen molar-refractivity contribution in [2.24, 2.45) is 4.52 Å². The third-order valence-corrected chi connectivity index (χ3v) is 3.12. The number of nitrogens with zero attached hydrogens (tertiary/aromatic N) is 3. The van der Waals surface area contributed by atoms with Crippen LogP contribution in [0.4, 0.5) is 0 Å². The molecular formula is C6H11N3O4S. The average Bonchev–Trinajstić information content (AvgIpc) is 2.88. The summed E-state index contributed by atoms with van der Waals surface area (Å²) in [7, 11) is -3.86. The maximum Gasteiger partial charge on any atom is 0.262 e. The second kappa shape index (κ2) is 4.61. The van der Waals surface area contributed by atoms with Gasteiger partial charge in [0.25, 0.3) is 10.0 Å². The summed E-state index contributed by atoms with van der Waals surface area (Å²) in [5.74, 6) is 0. The quantitative estimate of drug-likeness (QED) is 0.286. The van der Waals surface area contributed by atoms with Crippen LogP contribution in [0.2, 0.25) is 0 Å². The number of ether oxygens (including phenoxy) is 2. The lowest BCUT2D eigenvalue weighted by atomic mass is 10.5. The van der Waals surface area contributed by atoms with Crippen molar-refractivity contribution in [1.82, 2.24) is 0 Å². The average molecular weight is 221 g/mol. The van der Waals surface area contributed by atoms with Gasteiger partial charge in [-0.25, -0.2) is 8.42 Å². The van der Waals surface area contributed by atoms with E-state index in [0.717, 1.165) is 0 Å². The Labute approximate surface area is 81.7 Å². The maximum absolute atomic E-state index is 11.2. The summed E-state index contributed by atoms with van der Waals surface area (Å²) in [4.78, 5) is 2.24. The summed E-state index contributed by atoms with van der Waals surface area (Å²) in [5, 5.41) is 0. The zero-order valence-electron chi connectivity index (χ0n) is 7.66. The van der Waals surface area contributed by atoms with Gasteiger partial charge in [-0.2, -0.15) is 0 Å². The highest BCUT2D eigenvalue weighted by molar-refractivity contribution is 7.90. The standard InChI is InChI=1S/C6H11N3O4S/c1-2-6(13-4-5-3-12-5)14(10,11)9-8-7/h5-6H,2-4H2,1H3. The van der Waals surface area contributed by atoms with Gasteiger partial charge in [0.15, 0.2) is 5.44 Å². The number of hydrogen-bond acceptors (Lipinski definition) is 4. The lowest BCUT2D eigenvalue weighted by Crippen LogP contribution is -2.23. The summed E-state index contributed by atoms with van der Waals surface area (Å²) in [5.41, 5.74) is 6.97. The predicted octanol–water partition coefficient (Wildman–Crippen LogP) is 0.778. The highest BCUT2D eigenvalue weighted by Crippen LogP contribution is 2.15. The van der Waals surface area contributed by atoms with Gasteiger partial charge < -0.3 is 9.47 Å². The van der Waals surface area contributed by atoms with E-state index in [1.165, 1.54) is 0 Å². The lowest BCUT2D eigenvalue weighted by molar-refractivity contribution is 0.0883. The number of epoxide rings is 1. The molecule has 0 N–H and O–H groups in total. The summed E-state index contributed by atoms with van der Waals surface area (Å²) >= 11 is 0. The van der Waals surface area contributed by atoms with E-state index in [0.29, 0.717) is 6.61 Å². The number of sulfonamides is 1. The van der Waals surface area contributed by atoms with Crippen LogP contribution in [-0.2, 0) is 19.5 Å². The van der Waals surface area contributed by atoms with Gasteiger partial charge in [-0.3, -0.25) is 0 Å². The molecule has 2 unspecified atom stereocenters. The van der Waals surface area contributed by atoms with Crippen molar-refractivity contribution in [3.05, 3.63) is 10.4 Å². The van der Waals surface area contributed by atoms with Crippen LogP contribution in [0.3, 0.4) is 0 Å². The summed E-state index contributed by atoms with van der Waals surface area (Å²) in [6.07, 6.45) is 0.235. The molecule has 8 heteroatoms. The Balaban J connectivity index is 2.54. The summed E-state index contributed by atoms with van der Waals surface area (Å²) in [6.45, 7) is 2.46. The van der Waals surface area contributed by atoms with E-state index in [-0.39, 0.29) is 19.1 Å². The Hall–Kier alpha value is -0.820. The Morgan fingerprint density at radius 3 is 2.86 bits per heavy atom. The third-order valence-electron chi connectivity index (χ3n) is 1.69. The highest BCUT2D eigenvalue weighted by atomic mass is 32.2. The second-order valence-electron chi connectivity index (χ2n) is 2.81. The van der Waals surface area contributed by atoms with Crippen molar-refractivity contribution in [3.63, 3.8) is 0 Å². The molecule has 2 atom stereocenters. The van der Waals surface area contributed by atoms with Crippen molar-refractivity contribution in [2.45, 2.75) is 24.9 Å². The molecule has 0 bridgehead atoms. The van der Waals surface area contributed by atoms with E-state index < -0.39 is 15.5 Å². The molecule has 1 saturated heterocycles. The first-order valence-electron chi connectivity index (χ1n) is 4.13. The normalized spacial score (nSPS) is 22.5. The molecule has 1 aliphatic rings. The monoisotopic (exact) mass is 221 g/mol. The van der Waals surface area contributed by atoms with E-state index >= 15 is 0 Å². The molecule has 0 saturated carbocycles. The molecule has 7 nitrogen and oxygen atoms in total. The van der Waals surface area contributed by atoms with Crippen LogP contribution in [0.15, 0.2) is 4.52 Å². The van der Waals surface area contributed by atoms with E-state index in [9.17, 15) is 8.42 Å². The molecular weight excluding hydrogens is 210 g/mol. The molecule has 0 spiro atoms. The molecule has 14 heavy (non-hydrogen) atoms. The van der Waals surface area contributed by atoms with E-state index in [1.54, 1.807) is 6.92 Å². The molecule has 0 aromatic carbocycles. The zero-order valence-corrected chi connectivity index (χ0v) is 8.48. The first-order valence-corrected chi connectivity index (χ1v) is 5.64. The van der Waals surface area contributed by atoms with Crippen molar-refractivity contribution in [2.75, 3.05) is 13.2 Å². The first-order chi connectivity index (χ1) is 6.60. The van der Waals surface area contributed by atoms with Crippen LogP contribution in [0, 0.1) is 0 Å². The van der Waals surface area contributed by atoms with Gasteiger partial charge in [0, 0.05) is 9.43 Å². The minimum Gasteiger partial charge on any atom is -0.371 e. The van der Waals surface area contributed by atoms with Crippen LogP contribution in [0.1, 0.15) is 13.3 Å². The molecule has 0 amide bonds. The molecule has 80 valence electrons. The smallest absolute Gasteiger partial charge is 0.262 e. The molecule has 0 aromatic rings. The van der Waals surface area contributed by atoms with Gasteiger partial charge in [-0.15, -0.1) is 0 Å². The predicted molar refractivity (Wildman–Crippen MR) is 47.8 cm³/mol. The maximum atomic E-state index is 11.2. The van der Waals surface area contributed by atoms with E-state index in [1.807, 2.05) is 0 Å². The van der Waals surface area contributed by atoms with Gasteiger partial charge in [-0.1, -0.05) is 6.92 Å². The molecule has 1 rings (SSSR count). The van der Waals surface area contributed by atoms with Crippen LogP contribution >= 0.6 is 0 Å². The lowest BCUT2D eigenvalue weighted by Gasteiger charge is -2.11. The minimum absolute atomic E-state index is 0.00897. The molecule has 0 aromatic heterocycles. The van der Waals surface area contributed by atoms with Crippen molar-refractivity contribution in [1.29, 1.82) is 0 Å². The van der Waals surface area contributed by atoms with Crippen LogP contribution in [0.25, 0.3) is 10.4 Å². The minimum atomic E-state index is -3.86. The van der Waals surface area contributed by atoms with Crippen molar-refractivity contribution >= 4 is 10.0 Å². The molecule has 0 aliphatic carbocycles. The first kappa shape index (κ1) is 11.3. The topological polar surface area (TPSA) is 105 Å². The Morgan fingerprint density at radius 1 is 1.79 bits per heavy atom. The van der Waals surface area contributed by atoms with Crippen LogP contribution in [0.5, 0.6) is 0 Å². The van der Waals surface area contributed by atoms with E-state index in [2.05, 4.69) is 9.43 Å². The molecule has 1 aliphatic heterocycles. The Bertz CT molecular complexity index is 331. The van der Waals surface area contributed by atoms with Gasteiger partial charge in [0.1, 0.15) is 6.10 Å². The number of azide groups is 1. The summed E-state index contributed by atoms with van der Waals surface area (Å²) in [6, 6.07) is 0. The molecule has 1 fully saturated rings. The van der Waals surface area contributed by atoms with Gasteiger partial charge in [0.2, 0.25) is 0 Å². The third kappa shape index (κ3) is 3.15. The van der Waals surface area contributed by atoms with Crippen LogP contribution in [-0.4, -0.2) is 33.2 Å². The fraction of sp³-hybridized carbons (Fsp3) is 1.00. The second-order valence-corrected chi connectivity index (χ2v) is 4.53. The Kier molecular flexibility index (Phi) is 3.70. The fourth-order valence-corrected chi connectivity index (χ4v) is 1.78. The molecule has 1 heterocycles. The SMILES string of the molecule is CCC(OCC1CO1)S(=O)(=O)N=[N+]=[N-]. The molecule has 0 radical (unpaired) electrons. The van der Waals surface area contributed by atoms with Gasteiger partial charge >= 0.3 is 0 Å². The number of hydrogen-bond donors (Lipinski definition) is 0.